The monoisotopic (exact) mass is 685 g/mol. The summed E-state index contributed by atoms with van der Waals surface area (Å²) in [5.41, 5.74) is 4.44. The van der Waals surface area contributed by atoms with E-state index in [1.165, 1.54) is 16.8 Å². The fraction of sp³-hybridized carbons (Fsp3) is 0.444. The average Bonchev–Trinajstić information content (AvgIpc) is 3.69. The summed E-state index contributed by atoms with van der Waals surface area (Å²) in [6.07, 6.45) is 4.45. The lowest BCUT2D eigenvalue weighted by molar-refractivity contribution is -0.131. The molecule has 2 aromatic heterocycles. The molecule has 5 atom stereocenters. The van der Waals surface area contributed by atoms with Gasteiger partial charge in [-0.3, -0.25) is 19.1 Å². The summed E-state index contributed by atoms with van der Waals surface area (Å²) >= 11 is 0. The smallest absolute Gasteiger partial charge is 0.270 e. The van der Waals surface area contributed by atoms with Crippen molar-refractivity contribution in [3.8, 4) is 5.75 Å². The van der Waals surface area contributed by atoms with Gasteiger partial charge >= 0.3 is 0 Å². The van der Waals surface area contributed by atoms with Gasteiger partial charge in [-0.2, -0.15) is 5.10 Å². The molecule has 4 N–H and O–H groups in total. The Hall–Kier alpha value is -4.65. The first-order valence-corrected chi connectivity index (χ1v) is 18.8. The van der Waals surface area contributed by atoms with E-state index in [0.717, 1.165) is 24.8 Å². The van der Waals surface area contributed by atoms with E-state index in [1.807, 2.05) is 39.0 Å². The quantitative estimate of drug-likeness (QED) is 0.178. The van der Waals surface area contributed by atoms with Crippen molar-refractivity contribution in [1.29, 1.82) is 0 Å². The van der Waals surface area contributed by atoms with Gasteiger partial charge in [0.1, 0.15) is 35.2 Å². The number of carbonyl (C=O) groups is 3. The topological polar surface area (TPSA) is 143 Å². The van der Waals surface area contributed by atoms with Crippen molar-refractivity contribution in [2.45, 2.75) is 70.0 Å². The van der Waals surface area contributed by atoms with Crippen LogP contribution in [0.25, 0.3) is 11.0 Å². The van der Waals surface area contributed by atoms with Gasteiger partial charge in [-0.05, 0) is 83.7 Å². The van der Waals surface area contributed by atoms with Gasteiger partial charge in [0, 0.05) is 36.7 Å². The highest BCUT2D eigenvalue weighted by Crippen LogP contribution is 2.48. The summed E-state index contributed by atoms with van der Waals surface area (Å²) < 4.78 is 22.5. The number of likely N-dealkylation sites (N-methyl/N-ethyl adjacent to an activating group) is 1. The second-order valence-corrected chi connectivity index (χ2v) is 14.2. The Balaban J connectivity index is 1.39. The van der Waals surface area contributed by atoms with Crippen LogP contribution in [0.1, 0.15) is 79.4 Å². The number of amides is 3. The Bertz CT molecular complexity index is 1900. The molecule has 1 aliphatic heterocycles. The Morgan fingerprint density at radius 1 is 1.16 bits per heavy atom. The molecule has 3 amide bonds. The molecule has 258 valence electrons. The summed E-state index contributed by atoms with van der Waals surface area (Å²) in [4.78, 5) is 48.6. The molecule has 1 saturated carbocycles. The molecule has 3 heterocycles. The lowest BCUT2D eigenvalue weighted by Gasteiger charge is -2.46. The number of benzene rings is 2. The minimum absolute atomic E-state index is 0.138. The van der Waals surface area contributed by atoms with Crippen molar-refractivity contribution >= 4 is 43.6 Å². The Kier molecular flexibility index (Phi) is 9.82. The van der Waals surface area contributed by atoms with Crippen molar-refractivity contribution in [3.05, 3.63) is 77.1 Å². The van der Waals surface area contributed by atoms with E-state index >= 15 is 0 Å². The molecule has 6 rings (SSSR count). The fourth-order valence-corrected chi connectivity index (χ4v) is 8.46. The molecular formula is C36H44FN7O4Si. The Morgan fingerprint density at radius 2 is 1.96 bits per heavy atom. The van der Waals surface area contributed by atoms with E-state index in [9.17, 15) is 18.8 Å². The van der Waals surface area contributed by atoms with Crippen LogP contribution in [0.2, 0.25) is 6.55 Å². The molecule has 1 aliphatic carbocycles. The molecule has 2 aromatic carbocycles. The molecule has 2 unspecified atom stereocenters. The van der Waals surface area contributed by atoms with Gasteiger partial charge in [0.15, 0.2) is 0 Å². The molecule has 0 saturated heterocycles. The van der Waals surface area contributed by atoms with Crippen LogP contribution in [-0.2, 0) is 22.1 Å². The SMILES string of the molecule is CCNC(=O)[C@H](NC(=O)C(C)c1ccc2nc([C@@H](NC(=O)c3ccnn3C)[C@]3(/C=[SiH]/C)c4cc(F)ccc4OCC3C)[nH]c2c1)C1CCC1. The number of nitrogens with zero attached hydrogens (tertiary/aromatic N) is 3. The maximum Gasteiger partial charge on any atom is 0.270 e. The van der Waals surface area contributed by atoms with Crippen molar-refractivity contribution in [1.82, 2.24) is 35.7 Å². The predicted molar refractivity (Wildman–Crippen MR) is 188 cm³/mol. The van der Waals surface area contributed by atoms with Crippen LogP contribution in [0.5, 0.6) is 5.75 Å². The van der Waals surface area contributed by atoms with E-state index in [-0.39, 0.29) is 38.7 Å². The van der Waals surface area contributed by atoms with Crippen LogP contribution in [0, 0.1) is 17.7 Å². The van der Waals surface area contributed by atoms with Gasteiger partial charge in [-0.25, -0.2) is 9.37 Å². The second-order valence-electron chi connectivity index (χ2n) is 13.2. The molecule has 2 aliphatic rings. The number of hydrogen-bond acceptors (Lipinski definition) is 6. The number of hydrogen-bond donors (Lipinski definition) is 4. The molecule has 1 fully saturated rings. The number of imidazole rings is 1. The first-order chi connectivity index (χ1) is 23.6. The van der Waals surface area contributed by atoms with Crippen LogP contribution in [-0.4, -0.2) is 71.5 Å². The predicted octanol–water partition coefficient (Wildman–Crippen LogP) is 3.68. The van der Waals surface area contributed by atoms with Crippen molar-refractivity contribution in [3.63, 3.8) is 0 Å². The third kappa shape index (κ3) is 6.43. The lowest BCUT2D eigenvalue weighted by atomic mass is 9.65. The summed E-state index contributed by atoms with van der Waals surface area (Å²) in [6, 6.07) is 10.5. The van der Waals surface area contributed by atoms with Gasteiger partial charge in [-0.15, -0.1) is 0 Å². The molecule has 4 aromatic rings. The van der Waals surface area contributed by atoms with Crippen LogP contribution in [0.3, 0.4) is 0 Å². The average molecular weight is 686 g/mol. The number of ether oxygens (including phenoxy) is 1. The summed E-state index contributed by atoms with van der Waals surface area (Å²) in [5.74, 6) is -0.621. The highest BCUT2D eigenvalue weighted by molar-refractivity contribution is 6.47. The third-order valence-corrected chi connectivity index (χ3v) is 11.1. The maximum absolute atomic E-state index is 15.0. The number of H-pyrrole nitrogens is 1. The number of aromatic nitrogens is 4. The van der Waals surface area contributed by atoms with Crippen LogP contribution in [0.4, 0.5) is 4.39 Å². The van der Waals surface area contributed by atoms with Crippen LogP contribution in [0.15, 0.2) is 48.7 Å². The number of nitrogens with one attached hydrogen (secondary N) is 4. The third-order valence-electron chi connectivity index (χ3n) is 10.2. The number of carbonyl (C=O) groups excluding carboxylic acids is 3. The van der Waals surface area contributed by atoms with Crippen molar-refractivity contribution in [2.24, 2.45) is 18.9 Å². The highest BCUT2D eigenvalue weighted by Gasteiger charge is 2.50. The van der Waals surface area contributed by atoms with Crippen molar-refractivity contribution in [2.75, 3.05) is 13.2 Å². The molecule has 13 heteroatoms. The highest BCUT2D eigenvalue weighted by atomic mass is 28.2. The van der Waals surface area contributed by atoms with Crippen LogP contribution >= 0.6 is 0 Å². The lowest BCUT2D eigenvalue weighted by Crippen LogP contribution is -2.53. The molecule has 11 nitrogen and oxygen atoms in total. The van der Waals surface area contributed by atoms with Gasteiger partial charge in [0.25, 0.3) is 5.91 Å². The summed E-state index contributed by atoms with van der Waals surface area (Å²) in [7, 11) is 1.49. The van der Waals surface area contributed by atoms with Gasteiger partial charge in [-0.1, -0.05) is 31.6 Å². The number of halogens is 1. The minimum Gasteiger partial charge on any atom is -0.493 e. The molecular weight excluding hydrogens is 642 g/mol. The number of aryl methyl sites for hydroxylation is 1. The van der Waals surface area contributed by atoms with Crippen molar-refractivity contribution < 1.29 is 23.5 Å². The van der Waals surface area contributed by atoms with E-state index < -0.39 is 29.2 Å². The largest absolute Gasteiger partial charge is 0.493 e. The molecule has 0 spiro atoms. The van der Waals surface area contributed by atoms with E-state index in [0.29, 0.717) is 47.0 Å². The summed E-state index contributed by atoms with van der Waals surface area (Å²) in [6.45, 7) is 8.70. The molecule has 0 bridgehead atoms. The van der Waals surface area contributed by atoms with E-state index in [1.54, 1.807) is 25.4 Å². The maximum atomic E-state index is 15.0. The van der Waals surface area contributed by atoms with E-state index in [2.05, 4.69) is 38.3 Å². The minimum atomic E-state index is -0.868. The number of rotatable bonds is 11. The van der Waals surface area contributed by atoms with Gasteiger partial charge in [0.2, 0.25) is 11.8 Å². The van der Waals surface area contributed by atoms with Crippen LogP contribution < -0.4 is 20.7 Å². The van der Waals surface area contributed by atoms with Gasteiger partial charge < -0.3 is 25.7 Å². The zero-order valence-corrected chi connectivity index (χ0v) is 29.7. The normalized spacial score (nSPS) is 20.9. The van der Waals surface area contributed by atoms with E-state index in [4.69, 9.17) is 9.72 Å². The molecule has 49 heavy (non-hydrogen) atoms. The first-order valence-electron chi connectivity index (χ1n) is 17.0. The van der Waals surface area contributed by atoms with Gasteiger partial charge in [0.05, 0.1) is 23.6 Å². The second kappa shape index (κ2) is 14.1. The first kappa shape index (κ1) is 34.2. The Morgan fingerprint density at radius 3 is 2.63 bits per heavy atom. The fourth-order valence-electron chi connectivity index (χ4n) is 7.20. The zero-order valence-electron chi connectivity index (χ0n) is 28.5. The summed E-state index contributed by atoms with van der Waals surface area (Å²) in [5, 5.41) is 13.3. The Labute approximate surface area is 287 Å². The standard InChI is InChI=1S/C36H44FN7O4Si/c1-6-38-35(47)30(22-8-7-9-22)42-33(45)21(3)23-10-12-26-27(16-23)41-32(40-26)31(43-34(46)28-14-15-39-44(28)4)36(19-49-5)20(2)18-48-29-13-11-24(37)17-25(29)36/h10-17,19-22,30-31,49H,6-9,18H2,1-5H3,(H,38,47)(H,40,41)(H,42,45)(H,43,46)/b49-19+/t20?,21?,30-,31-,36+/m1/s1. The molecule has 0 radical (unpaired) electrons. The zero-order chi connectivity index (χ0) is 34.9. The number of fused-ring (bicyclic) bond motifs is 2. The number of aromatic amines is 1.